The van der Waals surface area contributed by atoms with Crippen molar-refractivity contribution in [3.8, 4) is 5.75 Å². The van der Waals surface area contributed by atoms with Crippen LogP contribution in [-0.4, -0.2) is 83.1 Å². The molecule has 43 heavy (non-hydrogen) atoms. The monoisotopic (exact) mass is 599 g/mol. The number of carbonyl (C=O) groups excluding carboxylic acids is 4. The molecule has 3 unspecified atom stereocenters. The highest BCUT2D eigenvalue weighted by molar-refractivity contribution is 6.03. The predicted molar refractivity (Wildman–Crippen MR) is 164 cm³/mol. The van der Waals surface area contributed by atoms with Gasteiger partial charge < -0.3 is 35.6 Å². The summed E-state index contributed by atoms with van der Waals surface area (Å²) < 4.78 is 10.9. The molecule has 3 atom stereocenters. The summed E-state index contributed by atoms with van der Waals surface area (Å²) in [6.45, 7) is 12.8. The second-order valence-electron chi connectivity index (χ2n) is 12.4. The normalized spacial score (nSPS) is 16.7. The Bertz CT molecular complexity index is 1360. The zero-order valence-corrected chi connectivity index (χ0v) is 26.6. The number of fused-ring (bicyclic) bond motifs is 1. The van der Waals surface area contributed by atoms with Gasteiger partial charge in [-0.1, -0.05) is 27.7 Å². The first-order valence-corrected chi connectivity index (χ1v) is 14.5. The molecule has 4 amide bonds. The number of anilines is 2. The fraction of sp³-hybridized carbons (Fsp3) is 0.600. The topological polar surface area (TPSA) is 164 Å². The summed E-state index contributed by atoms with van der Waals surface area (Å²) in [5.74, 6) is -0.281. The van der Waals surface area contributed by atoms with Crippen LogP contribution in [0.25, 0.3) is 10.9 Å². The third-order valence-electron chi connectivity index (χ3n) is 7.64. The van der Waals surface area contributed by atoms with E-state index in [1.165, 1.54) is 25.3 Å². The Hall–Kier alpha value is -4.16. The second-order valence-corrected chi connectivity index (χ2v) is 12.4. The molecule has 2 aromatic rings. The van der Waals surface area contributed by atoms with E-state index in [2.05, 4.69) is 31.2 Å². The van der Waals surface area contributed by atoms with Crippen molar-refractivity contribution in [2.45, 2.75) is 91.5 Å². The molecule has 4 N–H and O–H groups in total. The molecule has 1 aromatic carbocycles. The van der Waals surface area contributed by atoms with Crippen LogP contribution in [0.2, 0.25) is 0 Å². The molecule has 2 heterocycles. The minimum absolute atomic E-state index is 0.359. The van der Waals surface area contributed by atoms with Gasteiger partial charge in [0.05, 0.1) is 18.3 Å². The van der Waals surface area contributed by atoms with Gasteiger partial charge in [0.25, 0.3) is 0 Å². The zero-order valence-electron chi connectivity index (χ0n) is 26.6. The number of nitrogens with one attached hydrogen (secondary N) is 4. The Labute approximate surface area is 252 Å². The first kappa shape index (κ1) is 33.3. The van der Waals surface area contributed by atoms with Crippen LogP contribution in [-0.2, 0) is 19.1 Å². The number of aromatic nitrogens is 2. The molecule has 1 saturated heterocycles. The zero-order chi connectivity index (χ0) is 32.1. The molecule has 1 aromatic heterocycles. The van der Waals surface area contributed by atoms with E-state index in [4.69, 9.17) is 9.47 Å². The van der Waals surface area contributed by atoms with Gasteiger partial charge in [0.2, 0.25) is 17.7 Å². The van der Waals surface area contributed by atoms with Gasteiger partial charge in [-0.15, -0.1) is 0 Å². The van der Waals surface area contributed by atoms with Crippen molar-refractivity contribution in [3.05, 3.63) is 18.5 Å². The maximum absolute atomic E-state index is 13.9. The maximum Gasteiger partial charge on any atom is 0.408 e. The van der Waals surface area contributed by atoms with Gasteiger partial charge in [-0.05, 0) is 51.5 Å². The van der Waals surface area contributed by atoms with Crippen LogP contribution >= 0.6 is 0 Å². The van der Waals surface area contributed by atoms with E-state index >= 15 is 0 Å². The van der Waals surface area contributed by atoms with Crippen molar-refractivity contribution in [2.24, 2.45) is 5.41 Å². The van der Waals surface area contributed by atoms with Crippen LogP contribution in [0.4, 0.5) is 16.3 Å². The molecule has 0 spiro atoms. The summed E-state index contributed by atoms with van der Waals surface area (Å²) in [5, 5.41) is 12.0. The van der Waals surface area contributed by atoms with Crippen molar-refractivity contribution in [1.82, 2.24) is 25.5 Å². The van der Waals surface area contributed by atoms with Gasteiger partial charge in [0.15, 0.2) is 0 Å². The summed E-state index contributed by atoms with van der Waals surface area (Å²) in [7, 11) is 3.24. The molecule has 0 saturated carbocycles. The summed E-state index contributed by atoms with van der Waals surface area (Å²) in [6, 6.07) is 0.781. The molecule has 0 bridgehead atoms. The Balaban J connectivity index is 1.77. The van der Waals surface area contributed by atoms with Crippen LogP contribution < -0.4 is 26.0 Å². The quantitative estimate of drug-likeness (QED) is 0.320. The first-order valence-electron chi connectivity index (χ1n) is 14.5. The van der Waals surface area contributed by atoms with Crippen LogP contribution in [0.15, 0.2) is 18.5 Å². The Morgan fingerprint density at radius 2 is 1.79 bits per heavy atom. The third-order valence-corrected chi connectivity index (χ3v) is 7.64. The fourth-order valence-electron chi connectivity index (χ4n) is 4.75. The van der Waals surface area contributed by atoms with Crippen LogP contribution in [0, 0.1) is 5.41 Å². The van der Waals surface area contributed by atoms with Gasteiger partial charge in [-0.25, -0.2) is 14.8 Å². The number of ether oxygens (including phenoxy) is 2. The van der Waals surface area contributed by atoms with Crippen LogP contribution in [0.3, 0.4) is 0 Å². The number of benzene rings is 1. The molecule has 13 heteroatoms. The number of hydrogen-bond donors (Lipinski definition) is 4. The first-order chi connectivity index (χ1) is 20.1. The average Bonchev–Trinajstić information content (AvgIpc) is 3.44. The summed E-state index contributed by atoms with van der Waals surface area (Å²) in [6.07, 6.45) is 2.40. The SMILES string of the molecule is CCC(C)(C)OC(=O)NC(C)C(=O)NC(C(=O)N1CCCC1C(=O)Nc1cc2c(NC)ncnc2cc1OC)C(C)(C)C. The molecule has 1 aliphatic heterocycles. The Morgan fingerprint density at radius 1 is 1.09 bits per heavy atom. The standard InChI is InChI=1S/C30H45N7O6/c1-10-30(6,7)43-28(41)34-17(2)25(38)36-23(29(3,4)5)27(40)37-13-11-12-21(37)26(39)35-20-14-18-19(15-22(20)42-9)32-16-33-24(18)31-8/h14-17,21,23H,10-13H2,1-9H3,(H,34,41)(H,35,39)(H,36,38)(H,31,32,33). The predicted octanol–water partition coefficient (Wildman–Crippen LogP) is 3.44. The van der Waals surface area contributed by atoms with E-state index in [0.717, 1.165) is 0 Å². The molecule has 0 aliphatic carbocycles. The van der Waals surface area contributed by atoms with Crippen molar-refractivity contribution < 1.29 is 28.7 Å². The van der Waals surface area contributed by atoms with E-state index < -0.39 is 41.1 Å². The number of likely N-dealkylation sites (tertiary alicyclic amines) is 1. The Kier molecular flexibility index (Phi) is 10.4. The largest absolute Gasteiger partial charge is 0.494 e. The minimum atomic E-state index is -0.956. The van der Waals surface area contributed by atoms with E-state index in [1.54, 1.807) is 33.0 Å². The maximum atomic E-state index is 13.9. The smallest absolute Gasteiger partial charge is 0.408 e. The van der Waals surface area contributed by atoms with Gasteiger partial charge in [0.1, 0.15) is 41.6 Å². The lowest BCUT2D eigenvalue weighted by Gasteiger charge is -2.36. The van der Waals surface area contributed by atoms with Gasteiger partial charge in [-0.2, -0.15) is 0 Å². The highest BCUT2D eigenvalue weighted by Gasteiger charge is 2.42. The second kappa shape index (κ2) is 13.4. The summed E-state index contributed by atoms with van der Waals surface area (Å²) in [5.41, 5.74) is -0.313. The highest BCUT2D eigenvalue weighted by Crippen LogP contribution is 2.33. The number of alkyl carbamates (subject to hydrolysis) is 1. The number of rotatable bonds is 10. The third kappa shape index (κ3) is 8.02. The summed E-state index contributed by atoms with van der Waals surface area (Å²) >= 11 is 0. The molecule has 236 valence electrons. The van der Waals surface area contributed by atoms with Crippen molar-refractivity contribution >= 4 is 46.2 Å². The molecular formula is C30H45N7O6. The average molecular weight is 600 g/mol. The molecule has 3 rings (SSSR count). The highest BCUT2D eigenvalue weighted by atomic mass is 16.6. The van der Waals surface area contributed by atoms with E-state index in [9.17, 15) is 19.2 Å². The lowest BCUT2D eigenvalue weighted by molar-refractivity contribution is -0.143. The lowest BCUT2D eigenvalue weighted by atomic mass is 9.85. The van der Waals surface area contributed by atoms with Crippen molar-refractivity contribution in [1.29, 1.82) is 0 Å². The number of nitrogens with zero attached hydrogens (tertiary/aromatic N) is 3. The van der Waals surface area contributed by atoms with Gasteiger partial charge in [-0.3, -0.25) is 14.4 Å². The molecule has 13 nitrogen and oxygen atoms in total. The minimum Gasteiger partial charge on any atom is -0.494 e. The van der Waals surface area contributed by atoms with Crippen molar-refractivity contribution in [3.63, 3.8) is 0 Å². The van der Waals surface area contributed by atoms with E-state index in [0.29, 0.717) is 54.0 Å². The van der Waals surface area contributed by atoms with Crippen LogP contribution in [0.5, 0.6) is 5.75 Å². The Morgan fingerprint density at radius 3 is 2.40 bits per heavy atom. The van der Waals surface area contributed by atoms with Crippen LogP contribution in [0.1, 0.15) is 67.7 Å². The number of methoxy groups -OCH3 is 1. The fourth-order valence-corrected chi connectivity index (χ4v) is 4.75. The lowest BCUT2D eigenvalue weighted by Crippen LogP contribution is -2.59. The number of carbonyl (C=O) groups is 4. The molecular weight excluding hydrogens is 554 g/mol. The number of hydrogen-bond acceptors (Lipinski definition) is 9. The van der Waals surface area contributed by atoms with Gasteiger partial charge in [0, 0.05) is 25.0 Å². The van der Waals surface area contributed by atoms with Gasteiger partial charge >= 0.3 is 6.09 Å². The number of amides is 4. The molecule has 0 radical (unpaired) electrons. The molecule has 1 aliphatic rings. The van der Waals surface area contributed by atoms with E-state index in [1.807, 2.05) is 27.7 Å². The summed E-state index contributed by atoms with van der Waals surface area (Å²) in [4.78, 5) is 63.0. The molecule has 1 fully saturated rings. The van der Waals surface area contributed by atoms with Crippen molar-refractivity contribution in [2.75, 3.05) is 31.3 Å². The van der Waals surface area contributed by atoms with E-state index in [-0.39, 0.29) is 11.8 Å².